The van der Waals surface area contributed by atoms with E-state index < -0.39 is 28.9 Å². The van der Waals surface area contributed by atoms with E-state index >= 15 is 4.39 Å². The maximum atomic E-state index is 17.2. The molecule has 3 atom stereocenters. The molecule has 7 heterocycles. The summed E-state index contributed by atoms with van der Waals surface area (Å²) in [4.78, 5) is 33.3. The van der Waals surface area contributed by atoms with Gasteiger partial charge in [-0.15, -0.1) is 16.4 Å². The standard InChI is InChI=1S/C36H34ClF3N10O2S/c1-18-43-19(2)50(46-18)34(51)49-11-8-35(49)7-10-47(16-35)32-22-12-24(37)27(21-4-5-25(39)30-26(21)23(14-41)31(42)53-30)28(40)29(22)44-33(45-32)52-17-36-6-3-9-48(36)15-20(38)13-36/h4-5,12,20H,3,6-11,13,15-17,42H2,1-2H3/t20-,35?,36+/m1/s1. The molecule has 0 saturated carbocycles. The van der Waals surface area contributed by atoms with E-state index in [1.165, 1.54) is 16.8 Å². The Hall–Kier alpha value is -4.72. The molecule has 4 fully saturated rings. The molecule has 3 aromatic heterocycles. The molecule has 4 aliphatic heterocycles. The lowest BCUT2D eigenvalue weighted by molar-refractivity contribution is 0.0397. The van der Waals surface area contributed by atoms with Crippen LogP contribution >= 0.6 is 22.9 Å². The number of benzene rings is 2. The molecule has 53 heavy (non-hydrogen) atoms. The van der Waals surface area contributed by atoms with Gasteiger partial charge in [-0.2, -0.15) is 19.9 Å². The highest BCUT2D eigenvalue weighted by molar-refractivity contribution is 7.23. The zero-order valence-electron chi connectivity index (χ0n) is 28.9. The normalized spacial score (nSPS) is 24.1. The Kier molecular flexibility index (Phi) is 7.81. The minimum atomic E-state index is -0.967. The van der Waals surface area contributed by atoms with Crippen molar-refractivity contribution in [2.75, 3.05) is 50.0 Å². The SMILES string of the molecule is Cc1nc(C)n(C(=O)N2CCC23CCN(c2nc(OC[C@@]45CCCN4C[C@H](F)C5)nc4c(F)c(-c5ccc(F)c6sc(N)c(C#N)c56)c(Cl)cc24)C3)n1. The first-order valence-electron chi connectivity index (χ1n) is 17.5. The van der Waals surface area contributed by atoms with Gasteiger partial charge in [-0.1, -0.05) is 17.7 Å². The largest absolute Gasteiger partial charge is 0.461 e. The number of aromatic nitrogens is 5. The number of amides is 1. The molecule has 0 aliphatic carbocycles. The van der Waals surface area contributed by atoms with Crippen LogP contribution in [0.2, 0.25) is 5.02 Å². The van der Waals surface area contributed by atoms with Crippen LogP contribution in [0.15, 0.2) is 18.2 Å². The molecule has 274 valence electrons. The second kappa shape index (κ2) is 12.2. The zero-order valence-corrected chi connectivity index (χ0v) is 30.5. The van der Waals surface area contributed by atoms with E-state index in [2.05, 4.69) is 20.0 Å². The fourth-order valence-electron chi connectivity index (χ4n) is 8.99. The van der Waals surface area contributed by atoms with Crippen LogP contribution in [-0.2, 0) is 0 Å². The molecule has 2 aromatic carbocycles. The van der Waals surface area contributed by atoms with Crippen LogP contribution in [0.25, 0.3) is 32.1 Å². The highest BCUT2D eigenvalue weighted by atomic mass is 35.5. The third kappa shape index (κ3) is 5.14. The molecular formula is C36H34ClF3N10O2S. The van der Waals surface area contributed by atoms with Gasteiger partial charge in [0.1, 0.15) is 52.6 Å². The van der Waals surface area contributed by atoms with E-state index in [0.29, 0.717) is 61.9 Å². The van der Waals surface area contributed by atoms with Crippen LogP contribution in [0, 0.1) is 36.8 Å². The van der Waals surface area contributed by atoms with Crippen molar-refractivity contribution in [3.05, 3.63) is 52.1 Å². The molecule has 0 radical (unpaired) electrons. The van der Waals surface area contributed by atoms with Crippen molar-refractivity contribution in [1.82, 2.24) is 34.5 Å². The van der Waals surface area contributed by atoms with Crippen molar-refractivity contribution >= 4 is 60.8 Å². The number of fused-ring (bicyclic) bond motifs is 3. The summed E-state index contributed by atoms with van der Waals surface area (Å²) in [6, 6.07) is 5.84. The van der Waals surface area contributed by atoms with Crippen molar-refractivity contribution in [3.8, 4) is 23.2 Å². The summed E-state index contributed by atoms with van der Waals surface area (Å²) in [5, 5.41) is 14.8. The number of nitrogens with two attached hydrogens (primary N) is 1. The molecule has 1 amide bonds. The van der Waals surface area contributed by atoms with Crippen LogP contribution < -0.4 is 15.4 Å². The van der Waals surface area contributed by atoms with Crippen LogP contribution in [-0.4, -0.2) is 97.1 Å². The number of hydrogen-bond acceptors (Lipinski definition) is 11. The number of ether oxygens (including phenoxy) is 1. The Labute approximate surface area is 310 Å². The lowest BCUT2D eigenvalue weighted by Crippen LogP contribution is -2.64. The molecule has 1 spiro atoms. The molecule has 17 heteroatoms. The van der Waals surface area contributed by atoms with Crippen molar-refractivity contribution in [1.29, 1.82) is 5.26 Å². The lowest BCUT2D eigenvalue weighted by atomic mass is 9.84. The summed E-state index contributed by atoms with van der Waals surface area (Å²) in [5.74, 6) is -0.0221. The average Bonchev–Trinajstić information content (AvgIpc) is 3.92. The molecule has 1 unspecified atom stereocenters. The maximum Gasteiger partial charge on any atom is 0.346 e. The third-order valence-electron chi connectivity index (χ3n) is 11.6. The van der Waals surface area contributed by atoms with Crippen molar-refractivity contribution in [2.45, 2.75) is 63.2 Å². The fraction of sp³-hybridized carbons (Fsp3) is 0.444. The minimum absolute atomic E-state index is 0.00176. The molecule has 9 rings (SSSR count). The Morgan fingerprint density at radius 2 is 1.98 bits per heavy atom. The number of aryl methyl sites for hydroxylation is 2. The third-order valence-corrected chi connectivity index (χ3v) is 12.9. The number of alkyl halides is 1. The molecule has 4 saturated heterocycles. The number of thiophene rings is 1. The van der Waals surface area contributed by atoms with Crippen LogP contribution in [0.3, 0.4) is 0 Å². The van der Waals surface area contributed by atoms with Crippen molar-refractivity contribution < 1.29 is 22.7 Å². The maximum absolute atomic E-state index is 17.2. The van der Waals surface area contributed by atoms with Crippen LogP contribution in [0.1, 0.15) is 49.3 Å². The van der Waals surface area contributed by atoms with Gasteiger partial charge < -0.3 is 20.3 Å². The number of rotatable bonds is 5. The number of anilines is 2. The molecule has 4 aliphatic rings. The van der Waals surface area contributed by atoms with Gasteiger partial charge in [-0.05, 0) is 63.8 Å². The van der Waals surface area contributed by atoms with E-state index in [0.717, 1.165) is 37.1 Å². The average molecular weight is 763 g/mol. The number of carbonyl (C=O) groups excluding carboxylic acids is 1. The first kappa shape index (κ1) is 34.1. The Bertz CT molecular complexity index is 2420. The Balaban J connectivity index is 1.15. The fourth-order valence-corrected chi connectivity index (χ4v) is 10.2. The van der Waals surface area contributed by atoms with Gasteiger partial charge in [0.15, 0.2) is 5.82 Å². The predicted octanol–water partition coefficient (Wildman–Crippen LogP) is 6.38. The van der Waals surface area contributed by atoms with Crippen molar-refractivity contribution in [3.63, 3.8) is 0 Å². The van der Waals surface area contributed by atoms with Gasteiger partial charge in [-0.25, -0.2) is 22.9 Å². The Morgan fingerprint density at radius 3 is 2.72 bits per heavy atom. The van der Waals surface area contributed by atoms with E-state index in [9.17, 15) is 18.8 Å². The summed E-state index contributed by atoms with van der Waals surface area (Å²) < 4.78 is 54.5. The summed E-state index contributed by atoms with van der Waals surface area (Å²) in [7, 11) is 0. The number of likely N-dealkylation sites (tertiary alicyclic amines) is 1. The number of nitriles is 1. The van der Waals surface area contributed by atoms with Crippen LogP contribution in [0.4, 0.5) is 28.8 Å². The molecule has 2 N–H and O–H groups in total. The number of nitrogens with zero attached hydrogens (tertiary/aromatic N) is 9. The van der Waals surface area contributed by atoms with Gasteiger partial charge in [0, 0.05) is 48.9 Å². The summed E-state index contributed by atoms with van der Waals surface area (Å²) in [5.41, 5.74) is 5.14. The number of carbonyl (C=O) groups is 1. The minimum Gasteiger partial charge on any atom is -0.461 e. The highest BCUT2D eigenvalue weighted by Gasteiger charge is 2.53. The summed E-state index contributed by atoms with van der Waals surface area (Å²) in [6.45, 7) is 6.15. The lowest BCUT2D eigenvalue weighted by Gasteiger charge is -2.50. The zero-order chi connectivity index (χ0) is 37.0. The smallest absolute Gasteiger partial charge is 0.346 e. The number of nitrogen functional groups attached to an aromatic ring is 1. The first-order chi connectivity index (χ1) is 25.4. The van der Waals surface area contributed by atoms with Gasteiger partial charge in [0.05, 0.1) is 26.4 Å². The number of halogens is 4. The first-order valence-corrected chi connectivity index (χ1v) is 18.7. The monoisotopic (exact) mass is 762 g/mol. The van der Waals surface area contributed by atoms with E-state index in [1.807, 2.05) is 11.0 Å². The second-order valence-electron chi connectivity index (χ2n) is 14.6. The van der Waals surface area contributed by atoms with Gasteiger partial charge in [-0.3, -0.25) is 4.90 Å². The molecule has 12 nitrogen and oxygen atoms in total. The van der Waals surface area contributed by atoms with Crippen LogP contribution in [0.5, 0.6) is 6.01 Å². The van der Waals surface area contributed by atoms with Crippen molar-refractivity contribution in [2.24, 2.45) is 0 Å². The summed E-state index contributed by atoms with van der Waals surface area (Å²) >= 11 is 7.82. The Morgan fingerprint density at radius 1 is 1.17 bits per heavy atom. The van der Waals surface area contributed by atoms with E-state index in [1.54, 1.807) is 24.8 Å². The van der Waals surface area contributed by atoms with Gasteiger partial charge in [0.25, 0.3) is 0 Å². The van der Waals surface area contributed by atoms with E-state index in [-0.39, 0.29) is 61.0 Å². The highest BCUT2D eigenvalue weighted by Crippen LogP contribution is 2.48. The van der Waals surface area contributed by atoms with Gasteiger partial charge in [0.2, 0.25) is 0 Å². The number of hydrogen-bond donors (Lipinski definition) is 1. The second-order valence-corrected chi connectivity index (χ2v) is 16.0. The summed E-state index contributed by atoms with van der Waals surface area (Å²) in [6.07, 6.45) is 2.42. The van der Waals surface area contributed by atoms with Gasteiger partial charge >= 0.3 is 12.0 Å². The topological polar surface area (TPSA) is 142 Å². The quantitative estimate of drug-likeness (QED) is 0.214. The van der Waals surface area contributed by atoms with E-state index in [4.69, 9.17) is 27.1 Å². The molecule has 0 bridgehead atoms. The predicted molar refractivity (Wildman–Crippen MR) is 194 cm³/mol. The molecule has 5 aromatic rings. The molecular weight excluding hydrogens is 729 g/mol.